The van der Waals surface area contributed by atoms with Crippen LogP contribution in [0.25, 0.3) is 0 Å². The second kappa shape index (κ2) is 2.91. The van der Waals surface area contributed by atoms with Crippen molar-refractivity contribution in [2.24, 2.45) is 0 Å². The second-order valence-electron chi connectivity index (χ2n) is 1.41. The van der Waals surface area contributed by atoms with Gasteiger partial charge >= 0.3 is 0 Å². The predicted molar refractivity (Wildman–Crippen MR) is 25.0 cm³/mol. The molecule has 0 unspecified atom stereocenters. The van der Waals surface area contributed by atoms with E-state index in [4.69, 9.17) is 0 Å². The van der Waals surface area contributed by atoms with Crippen molar-refractivity contribution in [2.45, 2.75) is 13.3 Å². The summed E-state index contributed by atoms with van der Waals surface area (Å²) in [5.74, 6) is 0. The van der Waals surface area contributed by atoms with Gasteiger partial charge in [0.25, 0.3) is 0 Å². The van der Waals surface area contributed by atoms with E-state index in [1.54, 1.807) is 0 Å². The molecule has 0 rings (SSSR count). The predicted octanol–water partition coefficient (Wildman–Crippen LogP) is 1.38. The fourth-order valence-corrected chi connectivity index (χ4v) is 0.174. The van der Waals surface area contributed by atoms with Crippen LogP contribution < -0.4 is 0 Å². The van der Waals surface area contributed by atoms with E-state index in [1.807, 2.05) is 6.92 Å². The fourth-order valence-electron chi connectivity index (χ4n) is 0.174. The molecule has 0 aromatic rings. The molecular weight excluding hydrogens is 76.1 g/mol. The average Bonchev–Trinajstić information content (AvgIpc) is 1.35. The smallest absolute Gasteiger partial charge is 0.0859 e. The van der Waals surface area contributed by atoms with Crippen molar-refractivity contribution in [2.75, 3.05) is 6.61 Å². The summed E-state index contributed by atoms with van der Waals surface area (Å²) in [5, 5.41) is 9.68. The lowest BCUT2D eigenvalue weighted by Gasteiger charge is -1.85. The normalized spacial score (nSPS) is 8.33. The van der Waals surface area contributed by atoms with E-state index in [2.05, 4.69) is 6.58 Å². The van der Waals surface area contributed by atoms with Crippen molar-refractivity contribution in [1.29, 1.82) is 0 Å². The Bertz CT molecular complexity index is 47.9. The largest absolute Gasteiger partial charge is 0.236 e. The van der Waals surface area contributed by atoms with Crippen LogP contribution in [-0.4, -0.2) is 6.61 Å². The molecule has 0 saturated carbocycles. The first-order chi connectivity index (χ1) is 2.77. The zero-order chi connectivity index (χ0) is 4.99. The summed E-state index contributed by atoms with van der Waals surface area (Å²) in [6.45, 7) is 5.39. The molecule has 0 fully saturated rings. The van der Waals surface area contributed by atoms with E-state index >= 15 is 0 Å². The van der Waals surface area contributed by atoms with Crippen LogP contribution in [0.2, 0.25) is 0 Å². The third-order valence-corrected chi connectivity index (χ3v) is 0.529. The van der Waals surface area contributed by atoms with E-state index in [1.165, 1.54) is 0 Å². The van der Waals surface area contributed by atoms with Crippen LogP contribution in [0.1, 0.15) is 13.3 Å². The highest BCUT2D eigenvalue weighted by Gasteiger charge is 1.78. The number of rotatable bonds is 2. The van der Waals surface area contributed by atoms with Gasteiger partial charge in [-0.15, -0.1) is 6.58 Å². The van der Waals surface area contributed by atoms with E-state index in [0.717, 1.165) is 5.57 Å². The first-order valence-corrected chi connectivity index (χ1v) is 2.00. The Morgan fingerprint density at radius 3 is 2.33 bits per heavy atom. The minimum Gasteiger partial charge on any atom is -0.236 e. The highest BCUT2D eigenvalue weighted by Crippen LogP contribution is 1.90. The van der Waals surface area contributed by atoms with Crippen LogP contribution in [0.5, 0.6) is 0 Å². The van der Waals surface area contributed by atoms with E-state index in [0.29, 0.717) is 6.42 Å². The SMILES string of the molecule is C=C(C)CC[O]. The Hall–Kier alpha value is -0.300. The Morgan fingerprint density at radius 2 is 2.33 bits per heavy atom. The maximum Gasteiger partial charge on any atom is 0.0859 e. The molecule has 0 spiro atoms. The summed E-state index contributed by atoms with van der Waals surface area (Å²) >= 11 is 0. The Kier molecular flexibility index (Phi) is 2.77. The maximum atomic E-state index is 9.68. The van der Waals surface area contributed by atoms with Gasteiger partial charge in [0, 0.05) is 0 Å². The lowest BCUT2D eigenvalue weighted by Crippen LogP contribution is -1.77. The molecule has 0 aromatic heterocycles. The highest BCUT2D eigenvalue weighted by atomic mass is 16.2. The Morgan fingerprint density at radius 1 is 1.83 bits per heavy atom. The summed E-state index contributed by atoms with van der Waals surface area (Å²) in [5.41, 5.74) is 0.977. The van der Waals surface area contributed by atoms with Crippen molar-refractivity contribution in [3.05, 3.63) is 12.2 Å². The second-order valence-corrected chi connectivity index (χ2v) is 1.41. The third kappa shape index (κ3) is 3.70. The molecule has 1 radical (unpaired) electrons. The number of hydrogen-bond acceptors (Lipinski definition) is 0. The van der Waals surface area contributed by atoms with Gasteiger partial charge < -0.3 is 0 Å². The van der Waals surface area contributed by atoms with Gasteiger partial charge in [-0.3, -0.25) is 0 Å². The van der Waals surface area contributed by atoms with Gasteiger partial charge in [0.1, 0.15) is 0 Å². The summed E-state index contributed by atoms with van der Waals surface area (Å²) in [6, 6.07) is 0. The molecule has 0 atom stereocenters. The maximum absolute atomic E-state index is 9.68. The summed E-state index contributed by atoms with van der Waals surface area (Å²) < 4.78 is 0. The molecule has 35 valence electrons. The van der Waals surface area contributed by atoms with Crippen LogP contribution in [0.3, 0.4) is 0 Å². The monoisotopic (exact) mass is 85.1 g/mol. The molecule has 0 aliphatic carbocycles. The molecule has 6 heavy (non-hydrogen) atoms. The van der Waals surface area contributed by atoms with Gasteiger partial charge in [-0.1, -0.05) is 5.57 Å². The van der Waals surface area contributed by atoms with Gasteiger partial charge in [-0.05, 0) is 13.3 Å². The van der Waals surface area contributed by atoms with Crippen molar-refractivity contribution in [3.63, 3.8) is 0 Å². The zero-order valence-electron chi connectivity index (χ0n) is 4.03. The average molecular weight is 85.1 g/mol. The van der Waals surface area contributed by atoms with Crippen LogP contribution in [0.4, 0.5) is 0 Å². The quantitative estimate of drug-likeness (QED) is 0.451. The fraction of sp³-hybridized carbons (Fsp3) is 0.600. The minimum absolute atomic E-state index is 0.0185. The molecular formula is C5H9O. The molecule has 0 bridgehead atoms. The summed E-state index contributed by atoms with van der Waals surface area (Å²) in [4.78, 5) is 0. The highest BCUT2D eigenvalue weighted by molar-refractivity contribution is 4.86. The van der Waals surface area contributed by atoms with Crippen molar-refractivity contribution < 1.29 is 5.11 Å². The molecule has 0 heterocycles. The van der Waals surface area contributed by atoms with Crippen LogP contribution >= 0.6 is 0 Å². The van der Waals surface area contributed by atoms with Crippen LogP contribution in [0.15, 0.2) is 12.2 Å². The zero-order valence-corrected chi connectivity index (χ0v) is 4.03. The molecule has 1 nitrogen and oxygen atoms in total. The summed E-state index contributed by atoms with van der Waals surface area (Å²) in [6.07, 6.45) is 0.625. The lowest BCUT2D eigenvalue weighted by molar-refractivity contribution is 0.197. The van der Waals surface area contributed by atoms with Gasteiger partial charge in [-0.2, -0.15) is 0 Å². The van der Waals surface area contributed by atoms with Gasteiger partial charge in [0.05, 0.1) is 6.61 Å². The minimum atomic E-state index is -0.0185. The molecule has 0 saturated heterocycles. The van der Waals surface area contributed by atoms with Crippen LogP contribution in [0, 0.1) is 0 Å². The van der Waals surface area contributed by atoms with Gasteiger partial charge in [-0.25, -0.2) is 5.11 Å². The Labute approximate surface area is 38.3 Å². The van der Waals surface area contributed by atoms with Gasteiger partial charge in [0.15, 0.2) is 0 Å². The molecule has 1 heteroatoms. The topological polar surface area (TPSA) is 19.9 Å². The van der Waals surface area contributed by atoms with E-state index < -0.39 is 0 Å². The van der Waals surface area contributed by atoms with Crippen molar-refractivity contribution in [1.82, 2.24) is 0 Å². The first-order valence-electron chi connectivity index (χ1n) is 2.00. The third-order valence-electron chi connectivity index (χ3n) is 0.529. The molecule has 0 aromatic carbocycles. The van der Waals surface area contributed by atoms with E-state index in [-0.39, 0.29) is 6.61 Å². The molecule has 0 aliphatic rings. The van der Waals surface area contributed by atoms with Gasteiger partial charge in [0.2, 0.25) is 0 Å². The van der Waals surface area contributed by atoms with Crippen LogP contribution in [-0.2, 0) is 5.11 Å². The molecule has 0 aliphatic heterocycles. The molecule has 0 N–H and O–H groups in total. The number of hydrogen-bond donors (Lipinski definition) is 0. The van der Waals surface area contributed by atoms with E-state index in [9.17, 15) is 5.11 Å². The summed E-state index contributed by atoms with van der Waals surface area (Å²) in [7, 11) is 0. The first kappa shape index (κ1) is 5.70. The van der Waals surface area contributed by atoms with Crippen molar-refractivity contribution >= 4 is 0 Å². The lowest BCUT2D eigenvalue weighted by atomic mass is 10.3. The molecule has 0 amide bonds. The Balaban J connectivity index is 2.83. The van der Waals surface area contributed by atoms with Crippen molar-refractivity contribution in [3.8, 4) is 0 Å². The standard InChI is InChI=1S/C5H9O/c1-5(2)3-4-6/h1,3-4H2,2H3.